The van der Waals surface area contributed by atoms with E-state index in [0.29, 0.717) is 36.9 Å². The maximum atomic E-state index is 12.3. The molecule has 2 aromatic carbocycles. The lowest BCUT2D eigenvalue weighted by Gasteiger charge is -2.20. The lowest BCUT2D eigenvalue weighted by molar-refractivity contribution is 0.0513. The number of methoxy groups -OCH3 is 2. The van der Waals surface area contributed by atoms with E-state index in [1.165, 1.54) is 19.2 Å². The van der Waals surface area contributed by atoms with Gasteiger partial charge in [-0.15, -0.1) is 0 Å². The summed E-state index contributed by atoms with van der Waals surface area (Å²) in [5.41, 5.74) is 6.97. The van der Waals surface area contributed by atoms with Crippen LogP contribution >= 0.6 is 0 Å². The number of hydrogen-bond donors (Lipinski definition) is 1. The van der Waals surface area contributed by atoms with Crippen molar-refractivity contribution in [1.29, 1.82) is 0 Å². The Morgan fingerprint density at radius 1 is 1.11 bits per heavy atom. The van der Waals surface area contributed by atoms with Gasteiger partial charge < -0.3 is 29.5 Å². The SMILES string of the molecule is COc1ccc(C/C(N)=N\OC(=O)c2cc(OC)c3c(c2)OCCO3)cc1. The Hall–Kier alpha value is -3.42. The topological polar surface area (TPSA) is 102 Å². The van der Waals surface area contributed by atoms with Crippen LogP contribution in [0.15, 0.2) is 41.6 Å². The molecule has 0 spiro atoms. The van der Waals surface area contributed by atoms with Crippen LogP contribution in [0.2, 0.25) is 0 Å². The van der Waals surface area contributed by atoms with E-state index in [4.69, 9.17) is 29.5 Å². The molecule has 27 heavy (non-hydrogen) atoms. The normalized spacial score (nSPS) is 13.0. The van der Waals surface area contributed by atoms with Gasteiger partial charge in [0.25, 0.3) is 0 Å². The third-order valence-corrected chi connectivity index (χ3v) is 3.85. The molecule has 0 unspecified atom stereocenters. The Labute approximate surface area is 156 Å². The Morgan fingerprint density at radius 2 is 1.85 bits per heavy atom. The molecule has 1 heterocycles. The predicted octanol–water partition coefficient (Wildman–Crippen LogP) is 2.15. The van der Waals surface area contributed by atoms with Crippen molar-refractivity contribution in [3.05, 3.63) is 47.5 Å². The number of ether oxygens (including phenoxy) is 4. The van der Waals surface area contributed by atoms with Crippen molar-refractivity contribution < 1.29 is 28.6 Å². The number of rotatable bonds is 6. The molecule has 8 heteroatoms. The Morgan fingerprint density at radius 3 is 2.56 bits per heavy atom. The standard InChI is InChI=1S/C19H20N2O6/c1-23-14-5-3-12(4-6-14)9-17(20)21-27-19(22)13-10-15(24-2)18-16(11-13)25-7-8-26-18/h3-6,10-11H,7-9H2,1-2H3,(H2,20,21). The molecule has 2 aromatic rings. The van der Waals surface area contributed by atoms with Crippen LogP contribution < -0.4 is 24.7 Å². The molecule has 0 aliphatic carbocycles. The van der Waals surface area contributed by atoms with Gasteiger partial charge in [-0.3, -0.25) is 0 Å². The fourth-order valence-corrected chi connectivity index (χ4v) is 2.53. The summed E-state index contributed by atoms with van der Waals surface area (Å²) in [7, 11) is 3.07. The number of nitrogens with two attached hydrogens (primary N) is 1. The van der Waals surface area contributed by atoms with Crippen molar-refractivity contribution in [2.45, 2.75) is 6.42 Å². The Bertz CT molecular complexity index is 831. The van der Waals surface area contributed by atoms with Gasteiger partial charge in [-0.1, -0.05) is 17.3 Å². The Kier molecular flexibility index (Phi) is 5.65. The third kappa shape index (κ3) is 4.41. The largest absolute Gasteiger partial charge is 0.497 e. The molecule has 2 N–H and O–H groups in total. The number of carbonyl (C=O) groups is 1. The van der Waals surface area contributed by atoms with E-state index < -0.39 is 5.97 Å². The second-order valence-corrected chi connectivity index (χ2v) is 5.69. The van der Waals surface area contributed by atoms with Crippen LogP contribution in [0.4, 0.5) is 0 Å². The van der Waals surface area contributed by atoms with Crippen LogP contribution in [0.3, 0.4) is 0 Å². The van der Waals surface area contributed by atoms with E-state index in [9.17, 15) is 4.79 Å². The number of fused-ring (bicyclic) bond motifs is 1. The van der Waals surface area contributed by atoms with E-state index in [0.717, 1.165) is 11.3 Å². The van der Waals surface area contributed by atoms with Gasteiger partial charge in [0.1, 0.15) is 24.8 Å². The second-order valence-electron chi connectivity index (χ2n) is 5.69. The van der Waals surface area contributed by atoms with Crippen molar-refractivity contribution in [3.63, 3.8) is 0 Å². The van der Waals surface area contributed by atoms with Gasteiger partial charge >= 0.3 is 5.97 Å². The fourth-order valence-electron chi connectivity index (χ4n) is 2.53. The van der Waals surface area contributed by atoms with Crippen molar-refractivity contribution in [2.24, 2.45) is 10.9 Å². The minimum atomic E-state index is -0.678. The number of carbonyl (C=O) groups excluding carboxylic acids is 1. The van der Waals surface area contributed by atoms with Crippen LogP contribution in [-0.4, -0.2) is 39.2 Å². The third-order valence-electron chi connectivity index (χ3n) is 3.85. The molecule has 1 aliphatic rings. The summed E-state index contributed by atoms with van der Waals surface area (Å²) in [5.74, 6) is 1.49. The van der Waals surface area contributed by atoms with E-state index in [-0.39, 0.29) is 11.4 Å². The molecule has 0 atom stereocenters. The second kappa shape index (κ2) is 8.31. The smallest absolute Gasteiger partial charge is 0.366 e. The van der Waals surface area contributed by atoms with Crippen LogP contribution in [0, 0.1) is 0 Å². The molecule has 3 rings (SSSR count). The molecule has 0 fully saturated rings. The quantitative estimate of drug-likeness (QED) is 0.359. The van der Waals surface area contributed by atoms with Crippen LogP contribution in [-0.2, 0) is 11.3 Å². The van der Waals surface area contributed by atoms with E-state index in [1.807, 2.05) is 24.3 Å². The zero-order chi connectivity index (χ0) is 19.2. The monoisotopic (exact) mass is 372 g/mol. The summed E-state index contributed by atoms with van der Waals surface area (Å²) < 4.78 is 21.3. The van der Waals surface area contributed by atoms with E-state index >= 15 is 0 Å². The Balaban J connectivity index is 1.68. The lowest BCUT2D eigenvalue weighted by Crippen LogP contribution is -2.18. The van der Waals surface area contributed by atoms with Crippen LogP contribution in [0.5, 0.6) is 23.0 Å². The van der Waals surface area contributed by atoms with Crippen LogP contribution in [0.1, 0.15) is 15.9 Å². The van der Waals surface area contributed by atoms with Gasteiger partial charge in [-0.05, 0) is 29.8 Å². The summed E-state index contributed by atoms with van der Waals surface area (Å²) >= 11 is 0. The maximum Gasteiger partial charge on any atom is 0.366 e. The highest BCUT2D eigenvalue weighted by molar-refractivity contribution is 5.92. The molecule has 0 radical (unpaired) electrons. The van der Waals surface area contributed by atoms with E-state index in [2.05, 4.69) is 5.16 Å². The molecule has 0 saturated heterocycles. The van der Waals surface area contributed by atoms with E-state index in [1.54, 1.807) is 7.11 Å². The van der Waals surface area contributed by atoms with Gasteiger partial charge in [0.05, 0.1) is 19.8 Å². The number of hydrogen-bond acceptors (Lipinski definition) is 7. The first kappa shape index (κ1) is 18.4. The molecule has 0 bridgehead atoms. The predicted molar refractivity (Wildman–Crippen MR) is 97.7 cm³/mol. The van der Waals surface area contributed by atoms with Crippen molar-refractivity contribution in [3.8, 4) is 23.0 Å². The zero-order valence-corrected chi connectivity index (χ0v) is 15.1. The molecule has 0 saturated carbocycles. The maximum absolute atomic E-state index is 12.3. The molecule has 8 nitrogen and oxygen atoms in total. The number of benzene rings is 2. The highest BCUT2D eigenvalue weighted by Gasteiger charge is 2.21. The minimum Gasteiger partial charge on any atom is -0.497 e. The molecule has 1 aliphatic heterocycles. The minimum absolute atomic E-state index is 0.165. The average molecular weight is 372 g/mol. The molecular weight excluding hydrogens is 352 g/mol. The summed E-state index contributed by atoms with van der Waals surface area (Å²) in [4.78, 5) is 17.2. The molecule has 0 amide bonds. The van der Waals surface area contributed by atoms with Crippen molar-refractivity contribution in [2.75, 3.05) is 27.4 Å². The average Bonchev–Trinajstić information content (AvgIpc) is 2.71. The molecule has 0 aromatic heterocycles. The summed E-state index contributed by atoms with van der Waals surface area (Å²) in [6.45, 7) is 0.807. The first-order valence-corrected chi connectivity index (χ1v) is 8.25. The van der Waals surface area contributed by atoms with Gasteiger partial charge in [-0.2, -0.15) is 0 Å². The highest BCUT2D eigenvalue weighted by Crippen LogP contribution is 2.40. The number of oxime groups is 1. The number of nitrogens with zero attached hydrogens (tertiary/aromatic N) is 1. The first-order chi connectivity index (χ1) is 13.1. The molecular formula is C19H20N2O6. The van der Waals surface area contributed by atoms with Gasteiger partial charge in [0.15, 0.2) is 11.5 Å². The fraction of sp³-hybridized carbons (Fsp3) is 0.263. The van der Waals surface area contributed by atoms with Gasteiger partial charge in [-0.25, -0.2) is 4.79 Å². The summed E-state index contributed by atoms with van der Waals surface area (Å²) in [6, 6.07) is 10.4. The summed E-state index contributed by atoms with van der Waals surface area (Å²) in [6.07, 6.45) is 0.335. The zero-order valence-electron chi connectivity index (χ0n) is 15.1. The summed E-state index contributed by atoms with van der Waals surface area (Å²) in [5, 5.41) is 3.71. The lowest BCUT2D eigenvalue weighted by atomic mass is 10.1. The van der Waals surface area contributed by atoms with Gasteiger partial charge in [0, 0.05) is 6.42 Å². The van der Waals surface area contributed by atoms with Crippen molar-refractivity contribution >= 4 is 11.8 Å². The highest BCUT2D eigenvalue weighted by atomic mass is 16.7. The van der Waals surface area contributed by atoms with Gasteiger partial charge in [0.2, 0.25) is 5.75 Å². The van der Waals surface area contributed by atoms with Crippen molar-refractivity contribution in [1.82, 2.24) is 0 Å². The first-order valence-electron chi connectivity index (χ1n) is 8.25. The van der Waals surface area contributed by atoms with Crippen LogP contribution in [0.25, 0.3) is 0 Å². The number of amidine groups is 1. The molecule has 142 valence electrons.